The van der Waals surface area contributed by atoms with Crippen LogP contribution >= 0.6 is 0 Å². The van der Waals surface area contributed by atoms with Gasteiger partial charge < -0.3 is 10.2 Å². The molecular formula is C27H26F3N7O. The van der Waals surface area contributed by atoms with Crippen molar-refractivity contribution in [3.63, 3.8) is 0 Å². The molecule has 6 rings (SSSR count). The van der Waals surface area contributed by atoms with E-state index in [1.54, 1.807) is 11.1 Å². The molecule has 2 amide bonds. The van der Waals surface area contributed by atoms with Crippen LogP contribution in [0.5, 0.6) is 0 Å². The number of rotatable bonds is 4. The van der Waals surface area contributed by atoms with Crippen molar-refractivity contribution in [2.45, 2.75) is 45.1 Å². The fourth-order valence-corrected chi connectivity index (χ4v) is 5.50. The number of hydrogen-bond acceptors (Lipinski definition) is 5. The third-order valence-electron chi connectivity index (χ3n) is 7.28. The average Bonchev–Trinajstić information content (AvgIpc) is 3.29. The molecule has 0 radical (unpaired) electrons. The zero-order chi connectivity index (χ0) is 26.4. The van der Waals surface area contributed by atoms with E-state index in [1.165, 1.54) is 18.3 Å². The van der Waals surface area contributed by atoms with Crippen molar-refractivity contribution in [1.82, 2.24) is 30.0 Å². The third kappa shape index (κ3) is 4.58. The maximum Gasteiger partial charge on any atom is 0.433 e. The topological polar surface area (TPSA) is 90.0 Å². The van der Waals surface area contributed by atoms with Gasteiger partial charge in [-0.2, -0.15) is 18.3 Å². The van der Waals surface area contributed by atoms with Gasteiger partial charge in [0, 0.05) is 60.4 Å². The van der Waals surface area contributed by atoms with Crippen molar-refractivity contribution >= 4 is 22.6 Å². The van der Waals surface area contributed by atoms with E-state index in [2.05, 4.69) is 31.5 Å². The summed E-state index contributed by atoms with van der Waals surface area (Å²) in [6, 6.07) is 10.5. The summed E-state index contributed by atoms with van der Waals surface area (Å²) in [5.41, 5.74) is 4.49. The monoisotopic (exact) mass is 521 g/mol. The van der Waals surface area contributed by atoms with Crippen LogP contribution in [0.1, 0.15) is 35.4 Å². The van der Waals surface area contributed by atoms with Gasteiger partial charge >= 0.3 is 12.2 Å². The number of benzene rings is 1. The molecule has 2 N–H and O–H groups in total. The van der Waals surface area contributed by atoms with E-state index in [0.29, 0.717) is 19.6 Å². The number of halogens is 3. The van der Waals surface area contributed by atoms with Crippen molar-refractivity contribution < 1.29 is 18.0 Å². The Hall–Kier alpha value is -3.99. The molecule has 2 aliphatic rings. The number of hydrogen-bond donors (Lipinski definition) is 2. The Morgan fingerprint density at radius 1 is 1.13 bits per heavy atom. The van der Waals surface area contributed by atoms with Gasteiger partial charge in [-0.15, -0.1) is 0 Å². The van der Waals surface area contributed by atoms with Crippen LogP contribution in [-0.2, 0) is 19.3 Å². The van der Waals surface area contributed by atoms with Crippen LogP contribution in [0.25, 0.3) is 22.2 Å². The van der Waals surface area contributed by atoms with Crippen LogP contribution in [0.2, 0.25) is 0 Å². The first kappa shape index (κ1) is 24.4. The number of amides is 2. The summed E-state index contributed by atoms with van der Waals surface area (Å²) in [5.74, 6) is 0. The fourth-order valence-electron chi connectivity index (χ4n) is 5.50. The fraction of sp³-hybridized carbons (Fsp3) is 0.333. The highest BCUT2D eigenvalue weighted by molar-refractivity contribution is 6.00. The van der Waals surface area contributed by atoms with Crippen LogP contribution in [0.4, 0.5) is 23.7 Å². The number of carbonyl (C=O) groups excluding carboxylic acids is 1. The van der Waals surface area contributed by atoms with Gasteiger partial charge in [0.15, 0.2) is 0 Å². The largest absolute Gasteiger partial charge is 0.433 e. The van der Waals surface area contributed by atoms with Gasteiger partial charge in [-0.25, -0.2) is 4.79 Å². The molecule has 3 aromatic heterocycles. The quantitative estimate of drug-likeness (QED) is 0.378. The predicted molar refractivity (Wildman–Crippen MR) is 136 cm³/mol. The molecule has 0 spiro atoms. The second kappa shape index (κ2) is 9.39. The first-order valence-electron chi connectivity index (χ1n) is 12.5. The molecule has 0 saturated carbocycles. The molecule has 0 bridgehead atoms. The molecule has 4 aromatic rings. The number of H-pyrrole nitrogens is 1. The minimum atomic E-state index is -4.51. The van der Waals surface area contributed by atoms with Gasteiger partial charge in [-0.3, -0.25) is 20.0 Å². The van der Waals surface area contributed by atoms with Crippen molar-refractivity contribution in [3.8, 4) is 11.3 Å². The number of nitrogens with zero attached hydrogens (tertiary/aromatic N) is 5. The number of pyridine rings is 2. The summed E-state index contributed by atoms with van der Waals surface area (Å²) in [5, 5.41) is 11.5. The van der Waals surface area contributed by atoms with Crippen LogP contribution in [-0.4, -0.2) is 55.1 Å². The molecule has 1 aromatic carbocycles. The number of alkyl halides is 3. The van der Waals surface area contributed by atoms with E-state index >= 15 is 0 Å². The van der Waals surface area contributed by atoms with Crippen molar-refractivity contribution in [2.24, 2.45) is 0 Å². The molecule has 5 heterocycles. The zero-order valence-corrected chi connectivity index (χ0v) is 20.7. The number of piperidine rings is 1. The first-order chi connectivity index (χ1) is 18.3. The number of anilines is 1. The smallest absolute Gasteiger partial charge is 0.316 e. The lowest BCUT2D eigenvalue weighted by molar-refractivity contribution is -0.142. The van der Waals surface area contributed by atoms with E-state index in [1.807, 2.05) is 30.0 Å². The van der Waals surface area contributed by atoms with Gasteiger partial charge in [-0.1, -0.05) is 6.07 Å². The SMILES string of the molecule is Cc1cc(-c2n[nH]c3cc4c(cc23)CN([C@@H]2CCCN(Cc3cccnc3C(F)(F)F)C2)C(=O)N4)ccn1. The van der Waals surface area contributed by atoms with Crippen LogP contribution < -0.4 is 5.32 Å². The Labute approximate surface area is 216 Å². The van der Waals surface area contributed by atoms with Gasteiger partial charge in [0.1, 0.15) is 11.4 Å². The Kier molecular flexibility index (Phi) is 6.02. The molecule has 2 aliphatic heterocycles. The van der Waals surface area contributed by atoms with E-state index in [-0.39, 0.29) is 24.2 Å². The Morgan fingerprint density at radius 2 is 2.00 bits per heavy atom. The second-order valence-electron chi connectivity index (χ2n) is 9.91. The predicted octanol–water partition coefficient (Wildman–Crippen LogP) is 5.36. The summed E-state index contributed by atoms with van der Waals surface area (Å²) in [6.07, 6.45) is -0.0136. The molecule has 11 heteroatoms. The minimum Gasteiger partial charge on any atom is -0.316 e. The highest BCUT2D eigenvalue weighted by Crippen LogP contribution is 2.35. The van der Waals surface area contributed by atoms with Crippen LogP contribution in [0, 0.1) is 6.92 Å². The number of aryl methyl sites for hydroxylation is 1. The van der Waals surface area contributed by atoms with Gasteiger partial charge in [0.2, 0.25) is 0 Å². The number of nitrogens with one attached hydrogen (secondary N) is 2. The molecule has 0 unspecified atom stereocenters. The molecule has 0 aliphatic carbocycles. The maximum atomic E-state index is 13.5. The van der Waals surface area contributed by atoms with E-state index in [9.17, 15) is 18.0 Å². The molecule has 8 nitrogen and oxygen atoms in total. The summed E-state index contributed by atoms with van der Waals surface area (Å²) in [4.78, 5) is 24.7. The van der Waals surface area contributed by atoms with Crippen molar-refractivity contribution in [3.05, 3.63) is 71.3 Å². The van der Waals surface area contributed by atoms with Gasteiger partial charge in [0.25, 0.3) is 0 Å². The number of carbonyl (C=O) groups is 1. The molecule has 1 atom stereocenters. The Bertz CT molecular complexity index is 1520. The average molecular weight is 522 g/mol. The zero-order valence-electron chi connectivity index (χ0n) is 20.7. The first-order valence-corrected chi connectivity index (χ1v) is 12.5. The summed E-state index contributed by atoms with van der Waals surface area (Å²) in [6.45, 7) is 3.63. The normalized spacial score (nSPS) is 18.5. The summed E-state index contributed by atoms with van der Waals surface area (Å²) < 4.78 is 40.4. The lowest BCUT2D eigenvalue weighted by Gasteiger charge is -2.41. The third-order valence-corrected chi connectivity index (χ3v) is 7.28. The highest BCUT2D eigenvalue weighted by Gasteiger charge is 2.37. The molecule has 1 fully saturated rings. The van der Waals surface area contributed by atoms with E-state index in [4.69, 9.17) is 0 Å². The molecule has 38 heavy (non-hydrogen) atoms. The second-order valence-corrected chi connectivity index (χ2v) is 9.91. The van der Waals surface area contributed by atoms with Gasteiger partial charge in [-0.05, 0) is 67.8 Å². The lowest BCUT2D eigenvalue weighted by Crippen LogP contribution is -2.52. The maximum absolute atomic E-state index is 13.5. The number of urea groups is 1. The molecule has 196 valence electrons. The van der Waals surface area contributed by atoms with Crippen molar-refractivity contribution in [1.29, 1.82) is 0 Å². The minimum absolute atomic E-state index is 0.120. The number of aromatic amines is 1. The number of likely N-dealkylation sites (tertiary alicyclic amines) is 1. The Balaban J connectivity index is 1.24. The standard InChI is InChI=1S/C27H26F3N7O/c1-16-10-17(6-8-31-16)24-21-11-19-14-37(26(38)33-22(19)12-23(21)34-35-24)20-5-3-9-36(15-20)13-18-4-2-7-32-25(18)27(28,29)30/h2,4,6-8,10-12,20H,3,5,9,13-15H2,1H3,(H,33,38)(H,34,35)/t20-/m1/s1. The summed E-state index contributed by atoms with van der Waals surface area (Å²) >= 11 is 0. The van der Waals surface area contributed by atoms with Gasteiger partial charge in [0.05, 0.1) is 5.52 Å². The molecule has 1 saturated heterocycles. The number of aromatic nitrogens is 4. The summed E-state index contributed by atoms with van der Waals surface area (Å²) in [7, 11) is 0. The van der Waals surface area contributed by atoms with Crippen LogP contribution in [0.3, 0.4) is 0 Å². The Morgan fingerprint density at radius 3 is 2.82 bits per heavy atom. The lowest BCUT2D eigenvalue weighted by atomic mass is 9.99. The highest BCUT2D eigenvalue weighted by atomic mass is 19.4. The number of fused-ring (bicyclic) bond motifs is 2. The van der Waals surface area contributed by atoms with Crippen LogP contribution in [0.15, 0.2) is 48.8 Å². The van der Waals surface area contributed by atoms with E-state index < -0.39 is 11.9 Å². The van der Waals surface area contributed by atoms with Crippen molar-refractivity contribution in [2.75, 3.05) is 18.4 Å². The van der Waals surface area contributed by atoms with E-state index in [0.717, 1.165) is 51.9 Å². The molecular weight excluding hydrogens is 495 g/mol.